The highest BCUT2D eigenvalue weighted by Crippen LogP contribution is 2.13. The first-order valence-corrected chi connectivity index (χ1v) is 7.14. The molecular formula is C11H19NO4S. The van der Waals surface area contributed by atoms with Crippen LogP contribution in [0.3, 0.4) is 0 Å². The maximum Gasteiger partial charge on any atom is 0.321 e. The van der Waals surface area contributed by atoms with Gasteiger partial charge in [-0.2, -0.15) is 5.26 Å². The fraction of sp³-hybridized carbons (Fsp3) is 0.818. The van der Waals surface area contributed by atoms with Gasteiger partial charge in [0.05, 0.1) is 17.7 Å². The van der Waals surface area contributed by atoms with Crippen molar-refractivity contribution in [2.24, 2.45) is 0 Å². The Balaban J connectivity index is 4.66. The largest absolute Gasteiger partial charge is 0.459 e. The summed E-state index contributed by atoms with van der Waals surface area (Å²) in [5.41, 5.74) is -0.705. The molecule has 0 N–H and O–H groups in total. The molecule has 0 saturated carbocycles. The predicted molar refractivity (Wildman–Crippen MR) is 63.9 cm³/mol. The maximum absolute atomic E-state index is 11.8. The molecule has 0 aliphatic rings. The van der Waals surface area contributed by atoms with E-state index in [9.17, 15) is 13.2 Å². The SMILES string of the molecule is CCC(CC#N)S(=O)(=O)CC(=O)OC(C)(C)C. The standard InChI is InChI=1S/C11H19NO4S/c1-5-9(6-7-12)17(14,15)8-10(13)16-11(2,3)4/h9H,5-6,8H2,1-4H3. The number of hydrogen-bond donors (Lipinski definition) is 0. The van der Waals surface area contributed by atoms with E-state index in [1.165, 1.54) is 0 Å². The Bertz CT molecular complexity index is 400. The van der Waals surface area contributed by atoms with Crippen molar-refractivity contribution < 1.29 is 17.9 Å². The predicted octanol–water partition coefficient (Wildman–Crippen LogP) is 1.44. The minimum atomic E-state index is -3.60. The quantitative estimate of drug-likeness (QED) is 0.699. The molecule has 5 nitrogen and oxygen atoms in total. The van der Waals surface area contributed by atoms with E-state index in [4.69, 9.17) is 10.00 Å². The summed E-state index contributed by atoms with van der Waals surface area (Å²) in [6, 6.07) is 1.82. The number of ether oxygens (including phenoxy) is 1. The molecule has 1 unspecified atom stereocenters. The first kappa shape index (κ1) is 15.9. The zero-order valence-corrected chi connectivity index (χ0v) is 11.5. The van der Waals surface area contributed by atoms with Crippen molar-refractivity contribution in [2.45, 2.75) is 51.4 Å². The van der Waals surface area contributed by atoms with Crippen LogP contribution in [0.5, 0.6) is 0 Å². The van der Waals surface area contributed by atoms with Crippen molar-refractivity contribution in [1.82, 2.24) is 0 Å². The lowest BCUT2D eigenvalue weighted by Crippen LogP contribution is -2.32. The van der Waals surface area contributed by atoms with E-state index >= 15 is 0 Å². The van der Waals surface area contributed by atoms with E-state index in [0.29, 0.717) is 6.42 Å². The van der Waals surface area contributed by atoms with E-state index < -0.39 is 32.4 Å². The summed E-state index contributed by atoms with van der Waals surface area (Å²) in [6.45, 7) is 6.69. The summed E-state index contributed by atoms with van der Waals surface area (Å²) in [5.74, 6) is -1.43. The number of esters is 1. The lowest BCUT2D eigenvalue weighted by atomic mass is 10.2. The molecule has 0 spiro atoms. The summed E-state index contributed by atoms with van der Waals surface area (Å²) >= 11 is 0. The fourth-order valence-electron chi connectivity index (χ4n) is 1.28. The highest BCUT2D eigenvalue weighted by molar-refractivity contribution is 7.92. The monoisotopic (exact) mass is 261 g/mol. The van der Waals surface area contributed by atoms with Crippen LogP contribution in [0.25, 0.3) is 0 Å². The number of carbonyl (C=O) groups excluding carboxylic acids is 1. The summed E-state index contributed by atoms with van der Waals surface area (Å²) in [6.07, 6.45) is 0.223. The van der Waals surface area contributed by atoms with Crippen molar-refractivity contribution in [1.29, 1.82) is 5.26 Å². The molecule has 1 atom stereocenters. The van der Waals surface area contributed by atoms with Crippen molar-refractivity contribution in [3.63, 3.8) is 0 Å². The van der Waals surface area contributed by atoms with Gasteiger partial charge in [0, 0.05) is 0 Å². The van der Waals surface area contributed by atoms with Gasteiger partial charge in [-0.3, -0.25) is 4.79 Å². The Morgan fingerprint density at radius 2 is 1.94 bits per heavy atom. The van der Waals surface area contributed by atoms with Crippen LogP contribution in [-0.2, 0) is 19.4 Å². The lowest BCUT2D eigenvalue weighted by Gasteiger charge is -2.20. The van der Waals surface area contributed by atoms with Gasteiger partial charge in [-0.25, -0.2) is 8.42 Å². The van der Waals surface area contributed by atoms with E-state index in [0.717, 1.165) is 0 Å². The zero-order valence-electron chi connectivity index (χ0n) is 10.7. The Morgan fingerprint density at radius 3 is 2.29 bits per heavy atom. The van der Waals surface area contributed by atoms with Crippen LogP contribution in [0.2, 0.25) is 0 Å². The third-order valence-electron chi connectivity index (χ3n) is 2.02. The van der Waals surface area contributed by atoms with Gasteiger partial charge < -0.3 is 4.74 Å². The van der Waals surface area contributed by atoms with Gasteiger partial charge in [0.1, 0.15) is 11.4 Å². The second-order valence-corrected chi connectivity index (χ2v) is 7.07. The Labute approximate surface area is 103 Å². The maximum atomic E-state index is 11.8. The first-order chi connectivity index (χ1) is 7.62. The zero-order chi connectivity index (χ0) is 13.7. The van der Waals surface area contributed by atoms with Crippen LogP contribution in [0.15, 0.2) is 0 Å². The third kappa shape index (κ3) is 6.27. The van der Waals surface area contributed by atoms with E-state index in [2.05, 4.69) is 0 Å². The van der Waals surface area contributed by atoms with Gasteiger partial charge in [-0.1, -0.05) is 6.92 Å². The topological polar surface area (TPSA) is 84.2 Å². The van der Waals surface area contributed by atoms with Gasteiger partial charge in [0.2, 0.25) is 0 Å². The van der Waals surface area contributed by atoms with E-state index in [1.54, 1.807) is 27.7 Å². The molecule has 0 amide bonds. The average Bonchev–Trinajstić information content (AvgIpc) is 2.09. The van der Waals surface area contributed by atoms with Crippen molar-refractivity contribution >= 4 is 15.8 Å². The van der Waals surface area contributed by atoms with Crippen molar-refractivity contribution in [3.8, 4) is 6.07 Å². The Kier molecular flexibility index (Phi) is 5.62. The highest BCUT2D eigenvalue weighted by atomic mass is 32.2. The Morgan fingerprint density at radius 1 is 1.41 bits per heavy atom. The minimum Gasteiger partial charge on any atom is -0.459 e. The molecule has 0 aliphatic heterocycles. The molecule has 0 aromatic rings. The molecule has 0 saturated heterocycles. The average molecular weight is 261 g/mol. The van der Waals surface area contributed by atoms with E-state index in [1.807, 2.05) is 6.07 Å². The molecule has 0 fully saturated rings. The summed E-state index contributed by atoms with van der Waals surface area (Å²) in [7, 11) is -3.60. The van der Waals surface area contributed by atoms with Gasteiger partial charge >= 0.3 is 5.97 Å². The van der Waals surface area contributed by atoms with Crippen LogP contribution in [-0.4, -0.2) is 31.0 Å². The number of sulfone groups is 1. The van der Waals surface area contributed by atoms with Gasteiger partial charge in [0.25, 0.3) is 0 Å². The molecule has 0 bridgehead atoms. The lowest BCUT2D eigenvalue weighted by molar-refractivity contribution is -0.151. The van der Waals surface area contributed by atoms with Gasteiger partial charge in [0.15, 0.2) is 9.84 Å². The highest BCUT2D eigenvalue weighted by Gasteiger charge is 2.29. The van der Waals surface area contributed by atoms with Gasteiger partial charge in [-0.05, 0) is 27.2 Å². The molecule has 0 rings (SSSR count). The second-order valence-electron chi connectivity index (χ2n) is 4.79. The normalized spacial score (nSPS) is 13.8. The number of hydrogen-bond acceptors (Lipinski definition) is 5. The molecule has 0 heterocycles. The molecule has 0 aromatic carbocycles. The number of nitriles is 1. The fourth-order valence-corrected chi connectivity index (χ4v) is 2.74. The molecule has 6 heteroatoms. The van der Waals surface area contributed by atoms with E-state index in [-0.39, 0.29) is 6.42 Å². The number of nitrogens with zero attached hydrogens (tertiary/aromatic N) is 1. The summed E-state index contributed by atoms with van der Waals surface area (Å²) in [4.78, 5) is 11.4. The summed E-state index contributed by atoms with van der Waals surface area (Å²) in [5, 5.41) is 7.73. The Hall–Kier alpha value is -1.09. The molecule has 17 heavy (non-hydrogen) atoms. The van der Waals surface area contributed by atoms with Crippen molar-refractivity contribution in [3.05, 3.63) is 0 Å². The second kappa shape index (κ2) is 6.01. The number of rotatable bonds is 5. The number of carbonyl (C=O) groups is 1. The molecule has 98 valence electrons. The first-order valence-electron chi connectivity index (χ1n) is 5.42. The molecular weight excluding hydrogens is 242 g/mol. The smallest absolute Gasteiger partial charge is 0.321 e. The minimum absolute atomic E-state index is 0.0956. The van der Waals surface area contributed by atoms with Crippen LogP contribution >= 0.6 is 0 Å². The van der Waals surface area contributed by atoms with Crippen molar-refractivity contribution in [2.75, 3.05) is 5.75 Å². The molecule has 0 aliphatic carbocycles. The third-order valence-corrected chi connectivity index (χ3v) is 4.18. The molecule has 0 aromatic heterocycles. The van der Waals surface area contributed by atoms with Crippen LogP contribution < -0.4 is 0 Å². The van der Waals surface area contributed by atoms with Crippen LogP contribution in [0, 0.1) is 11.3 Å². The summed E-state index contributed by atoms with van der Waals surface area (Å²) < 4.78 is 28.5. The van der Waals surface area contributed by atoms with Crippen LogP contribution in [0.1, 0.15) is 40.5 Å². The van der Waals surface area contributed by atoms with Gasteiger partial charge in [-0.15, -0.1) is 0 Å². The molecule has 0 radical (unpaired) electrons. The van der Waals surface area contributed by atoms with Crippen LogP contribution in [0.4, 0.5) is 0 Å².